The molecular weight excluding hydrogens is 290 g/mol. The molecule has 0 saturated heterocycles. The van der Waals surface area contributed by atoms with Crippen molar-refractivity contribution in [1.29, 1.82) is 0 Å². The molecule has 6 nitrogen and oxygen atoms in total. The summed E-state index contributed by atoms with van der Waals surface area (Å²) in [6, 6.07) is 4.29. The minimum atomic E-state index is -3.52. The van der Waals surface area contributed by atoms with Gasteiger partial charge in [0, 0.05) is 12.2 Å². The second-order valence-electron chi connectivity index (χ2n) is 4.77. The molecule has 0 aliphatic heterocycles. The molecule has 0 fully saturated rings. The van der Waals surface area contributed by atoms with Crippen LogP contribution in [0.4, 0.5) is 10.5 Å². The lowest BCUT2D eigenvalue weighted by molar-refractivity contribution is 0.252. The molecule has 0 aliphatic rings. The number of hydrogen-bond donors (Lipinski definition) is 3. The number of benzene rings is 1. The minimum Gasteiger partial charge on any atom is -0.338 e. The Kier molecular flexibility index (Phi) is 6.64. The molecule has 0 heterocycles. The fourth-order valence-corrected chi connectivity index (χ4v) is 2.52. The highest BCUT2D eigenvalue weighted by molar-refractivity contribution is 7.89. The summed E-state index contributed by atoms with van der Waals surface area (Å²) in [7, 11) is -2.17. The van der Waals surface area contributed by atoms with Crippen molar-refractivity contribution in [2.75, 3.05) is 18.9 Å². The van der Waals surface area contributed by atoms with Crippen molar-refractivity contribution in [1.82, 2.24) is 10.0 Å². The Bertz CT molecular complexity index is 585. The SMILES string of the molecule is CCCCCNC(=O)Nc1cc(S(=O)(=O)NC)ccc1C. The van der Waals surface area contributed by atoms with Crippen LogP contribution in [0.5, 0.6) is 0 Å². The van der Waals surface area contributed by atoms with Crippen molar-refractivity contribution in [2.45, 2.75) is 38.0 Å². The largest absolute Gasteiger partial charge is 0.338 e. The van der Waals surface area contributed by atoms with Gasteiger partial charge in [-0.2, -0.15) is 0 Å². The van der Waals surface area contributed by atoms with Crippen LogP contribution in [0.1, 0.15) is 31.7 Å². The number of carbonyl (C=O) groups excluding carboxylic acids is 1. The molecule has 1 rings (SSSR count). The van der Waals surface area contributed by atoms with Crippen LogP contribution in [0, 0.1) is 6.92 Å². The minimum absolute atomic E-state index is 0.122. The summed E-state index contributed by atoms with van der Waals surface area (Å²) in [5.41, 5.74) is 1.29. The van der Waals surface area contributed by atoms with Crippen LogP contribution in [0.25, 0.3) is 0 Å². The van der Waals surface area contributed by atoms with Crippen LogP contribution >= 0.6 is 0 Å². The van der Waals surface area contributed by atoms with E-state index in [4.69, 9.17) is 0 Å². The van der Waals surface area contributed by atoms with E-state index in [1.165, 1.54) is 19.2 Å². The van der Waals surface area contributed by atoms with Crippen molar-refractivity contribution in [2.24, 2.45) is 0 Å². The average Bonchev–Trinajstić information content (AvgIpc) is 2.46. The molecule has 0 aliphatic carbocycles. The molecule has 0 unspecified atom stereocenters. The molecule has 3 N–H and O–H groups in total. The number of hydrogen-bond acceptors (Lipinski definition) is 3. The van der Waals surface area contributed by atoms with Crippen LogP contribution in [0.3, 0.4) is 0 Å². The van der Waals surface area contributed by atoms with Gasteiger partial charge in [0.1, 0.15) is 0 Å². The van der Waals surface area contributed by atoms with E-state index >= 15 is 0 Å². The maximum atomic E-state index is 11.8. The van der Waals surface area contributed by atoms with Gasteiger partial charge in [0.25, 0.3) is 0 Å². The fraction of sp³-hybridized carbons (Fsp3) is 0.500. The number of sulfonamides is 1. The molecule has 0 atom stereocenters. The van der Waals surface area contributed by atoms with Crippen molar-refractivity contribution < 1.29 is 13.2 Å². The van der Waals surface area contributed by atoms with Gasteiger partial charge in [-0.05, 0) is 38.1 Å². The van der Waals surface area contributed by atoms with Crippen LogP contribution in [-0.4, -0.2) is 28.0 Å². The highest BCUT2D eigenvalue weighted by Crippen LogP contribution is 2.19. The molecule has 0 spiro atoms. The third-order valence-corrected chi connectivity index (χ3v) is 4.51. The first-order valence-corrected chi connectivity index (χ1v) is 8.48. The predicted molar refractivity (Wildman–Crippen MR) is 84.0 cm³/mol. The average molecular weight is 313 g/mol. The quantitative estimate of drug-likeness (QED) is 0.674. The molecular formula is C14H23N3O3S. The Morgan fingerprint density at radius 3 is 2.57 bits per heavy atom. The summed E-state index contributed by atoms with van der Waals surface area (Å²) in [4.78, 5) is 11.9. The van der Waals surface area contributed by atoms with E-state index in [-0.39, 0.29) is 10.9 Å². The first-order valence-electron chi connectivity index (χ1n) is 6.99. The Morgan fingerprint density at radius 2 is 1.95 bits per heavy atom. The van der Waals surface area contributed by atoms with Crippen LogP contribution < -0.4 is 15.4 Å². The molecule has 7 heteroatoms. The molecule has 0 radical (unpaired) electrons. The number of urea groups is 1. The first-order chi connectivity index (χ1) is 9.90. The Morgan fingerprint density at radius 1 is 1.24 bits per heavy atom. The van der Waals surface area contributed by atoms with Crippen LogP contribution in [0.2, 0.25) is 0 Å². The van der Waals surface area contributed by atoms with Crippen LogP contribution in [-0.2, 0) is 10.0 Å². The van der Waals surface area contributed by atoms with Crippen molar-refractivity contribution >= 4 is 21.7 Å². The molecule has 0 aromatic heterocycles. The Balaban J connectivity index is 2.74. The molecule has 118 valence electrons. The van der Waals surface area contributed by atoms with Gasteiger partial charge in [-0.25, -0.2) is 17.9 Å². The first kappa shape index (κ1) is 17.5. The van der Waals surface area contributed by atoms with E-state index in [0.717, 1.165) is 24.8 Å². The normalized spacial score (nSPS) is 11.2. The smallest absolute Gasteiger partial charge is 0.319 e. The molecule has 1 aromatic carbocycles. The Hall–Kier alpha value is -1.60. The fourth-order valence-electron chi connectivity index (χ4n) is 1.76. The zero-order chi connectivity index (χ0) is 15.9. The van der Waals surface area contributed by atoms with E-state index in [1.807, 2.05) is 6.92 Å². The van der Waals surface area contributed by atoms with Gasteiger partial charge in [-0.1, -0.05) is 25.8 Å². The zero-order valence-electron chi connectivity index (χ0n) is 12.7. The molecule has 0 bridgehead atoms. The summed E-state index contributed by atoms with van der Waals surface area (Å²) in [6.45, 7) is 4.51. The predicted octanol–water partition coefficient (Wildman–Crippen LogP) is 2.21. The highest BCUT2D eigenvalue weighted by Gasteiger charge is 2.13. The number of nitrogens with one attached hydrogen (secondary N) is 3. The van der Waals surface area contributed by atoms with E-state index in [1.54, 1.807) is 6.07 Å². The number of rotatable bonds is 7. The summed E-state index contributed by atoms with van der Waals surface area (Å²) in [6.07, 6.45) is 3.08. The number of anilines is 1. The number of aryl methyl sites for hydroxylation is 1. The van der Waals surface area contributed by atoms with Crippen LogP contribution in [0.15, 0.2) is 23.1 Å². The van der Waals surface area contributed by atoms with E-state index in [2.05, 4.69) is 22.3 Å². The second kappa shape index (κ2) is 7.99. The highest BCUT2D eigenvalue weighted by atomic mass is 32.2. The maximum Gasteiger partial charge on any atom is 0.319 e. The summed E-state index contributed by atoms with van der Waals surface area (Å²) in [5.74, 6) is 0. The molecule has 0 saturated carbocycles. The molecule has 2 amide bonds. The second-order valence-corrected chi connectivity index (χ2v) is 6.66. The summed E-state index contributed by atoms with van der Waals surface area (Å²) < 4.78 is 25.8. The van der Waals surface area contributed by atoms with E-state index < -0.39 is 10.0 Å². The molecule has 21 heavy (non-hydrogen) atoms. The standard InChI is InChI=1S/C14H23N3O3S/c1-4-5-6-9-16-14(18)17-13-10-12(8-7-11(13)2)21(19,20)15-3/h7-8,10,15H,4-6,9H2,1-3H3,(H2,16,17,18). The topological polar surface area (TPSA) is 87.3 Å². The number of amides is 2. The number of unbranched alkanes of at least 4 members (excludes halogenated alkanes) is 2. The van der Waals surface area contributed by atoms with Gasteiger partial charge in [0.2, 0.25) is 10.0 Å². The monoisotopic (exact) mass is 313 g/mol. The lowest BCUT2D eigenvalue weighted by atomic mass is 10.2. The Labute approximate surface area is 126 Å². The van der Waals surface area contributed by atoms with Gasteiger partial charge in [-0.3, -0.25) is 0 Å². The van der Waals surface area contributed by atoms with Gasteiger partial charge in [0.05, 0.1) is 4.90 Å². The van der Waals surface area contributed by atoms with Crippen molar-refractivity contribution in [3.05, 3.63) is 23.8 Å². The lowest BCUT2D eigenvalue weighted by Gasteiger charge is -2.11. The van der Waals surface area contributed by atoms with Gasteiger partial charge < -0.3 is 10.6 Å². The van der Waals surface area contributed by atoms with E-state index in [9.17, 15) is 13.2 Å². The van der Waals surface area contributed by atoms with Crippen molar-refractivity contribution in [3.8, 4) is 0 Å². The van der Waals surface area contributed by atoms with Gasteiger partial charge >= 0.3 is 6.03 Å². The van der Waals surface area contributed by atoms with Gasteiger partial charge in [0.15, 0.2) is 0 Å². The van der Waals surface area contributed by atoms with Crippen molar-refractivity contribution in [3.63, 3.8) is 0 Å². The maximum absolute atomic E-state index is 11.8. The van der Waals surface area contributed by atoms with E-state index in [0.29, 0.717) is 12.2 Å². The lowest BCUT2D eigenvalue weighted by Crippen LogP contribution is -2.30. The molecule has 1 aromatic rings. The van der Waals surface area contributed by atoms with Gasteiger partial charge in [-0.15, -0.1) is 0 Å². The summed E-state index contributed by atoms with van der Waals surface area (Å²) in [5, 5.41) is 5.43. The third-order valence-electron chi connectivity index (χ3n) is 3.10. The number of carbonyl (C=O) groups is 1. The summed E-state index contributed by atoms with van der Waals surface area (Å²) >= 11 is 0. The third kappa shape index (κ3) is 5.35. The zero-order valence-corrected chi connectivity index (χ0v) is 13.5.